The fraction of sp³-hybridized carbons (Fsp3) is 0.459. The lowest BCUT2D eigenvalue weighted by Gasteiger charge is -2.39. The van der Waals surface area contributed by atoms with Gasteiger partial charge in [0.05, 0.1) is 17.3 Å². The van der Waals surface area contributed by atoms with E-state index in [-0.39, 0.29) is 35.3 Å². The van der Waals surface area contributed by atoms with Gasteiger partial charge >= 0.3 is 0 Å². The topological polar surface area (TPSA) is 121 Å². The molecule has 1 atom stereocenters. The summed E-state index contributed by atoms with van der Waals surface area (Å²) in [7, 11) is 0. The minimum absolute atomic E-state index is 0.109. The lowest BCUT2D eigenvalue weighted by atomic mass is 9.88. The molecule has 8 nitrogen and oxygen atoms in total. The average Bonchev–Trinajstić information content (AvgIpc) is 3.01. The zero-order valence-corrected chi connectivity index (χ0v) is 30.4. The number of amides is 1. The van der Waals surface area contributed by atoms with Gasteiger partial charge in [0.15, 0.2) is 5.78 Å². The summed E-state index contributed by atoms with van der Waals surface area (Å²) in [6.07, 6.45) is 7.34. The Kier molecular flexibility index (Phi) is 14.9. The van der Waals surface area contributed by atoms with Crippen LogP contribution in [0.5, 0.6) is 5.75 Å². The molecule has 2 aromatic rings. The van der Waals surface area contributed by atoms with Gasteiger partial charge in [0.1, 0.15) is 16.0 Å². The van der Waals surface area contributed by atoms with Crippen LogP contribution in [0.25, 0.3) is 0 Å². The summed E-state index contributed by atoms with van der Waals surface area (Å²) in [6.45, 7) is 23.8. The number of ketones is 1. The minimum atomic E-state index is -0.253. The van der Waals surface area contributed by atoms with E-state index in [9.17, 15) is 14.7 Å². The van der Waals surface area contributed by atoms with E-state index in [0.717, 1.165) is 34.5 Å². The molecule has 1 aromatic heterocycles. The van der Waals surface area contributed by atoms with Crippen molar-refractivity contribution < 1.29 is 14.7 Å². The third-order valence-corrected chi connectivity index (χ3v) is 8.57. The van der Waals surface area contributed by atoms with Crippen LogP contribution >= 0.6 is 15.9 Å². The van der Waals surface area contributed by atoms with Crippen molar-refractivity contribution in [3.05, 3.63) is 82.4 Å². The standard InChI is InChI=1S/C31H42BrN5O2.C6H10O/c1-8-11-22(33)28-24(36-23-13-12-20(18(4)5)16-26(23)38)14-15-37(25(28)9-2)31(39)21-17-35-30(32)27(19(6)7)29(21)34-10-3;1-4-6(7)5(2)3/h10,12-13,16-19,25,38H,3,8-9,11,14-15,33H2,1-2,4-7H3,(H,34,35);4-5H,1H2,2-3H3/b28-22+,36-24?;. The van der Waals surface area contributed by atoms with Gasteiger partial charge in [-0.25, -0.2) is 9.98 Å². The number of hydrogen-bond donors (Lipinski definition) is 3. The second-order valence-corrected chi connectivity index (χ2v) is 13.1. The molecule has 1 unspecified atom stereocenters. The number of benzene rings is 1. The lowest BCUT2D eigenvalue weighted by molar-refractivity contribution is -0.117. The number of carbonyl (C=O) groups is 2. The number of pyridine rings is 1. The maximum absolute atomic E-state index is 14.2. The molecular weight excluding hydrogens is 642 g/mol. The molecule has 0 saturated carbocycles. The van der Waals surface area contributed by atoms with E-state index in [1.165, 1.54) is 6.08 Å². The minimum Gasteiger partial charge on any atom is -0.506 e. The summed E-state index contributed by atoms with van der Waals surface area (Å²) in [5.41, 5.74) is 12.8. The van der Waals surface area contributed by atoms with Crippen molar-refractivity contribution in [2.24, 2.45) is 16.6 Å². The van der Waals surface area contributed by atoms with Crippen LogP contribution in [-0.4, -0.2) is 45.0 Å². The second-order valence-electron chi connectivity index (χ2n) is 12.3. The zero-order valence-electron chi connectivity index (χ0n) is 28.8. The Labute approximate surface area is 284 Å². The first-order chi connectivity index (χ1) is 21.7. The predicted molar refractivity (Wildman–Crippen MR) is 195 cm³/mol. The summed E-state index contributed by atoms with van der Waals surface area (Å²) >= 11 is 3.56. The SMILES string of the molecule is C=CC(=O)C(C)C.C=CNc1c(C(=O)N2CCC(=Nc3ccc(C(C)C)cc3O)/C(=C(\N)CCC)C2CC)cnc(Br)c1C(C)C. The number of piperidine rings is 1. The number of aromatic hydroxyl groups is 1. The van der Waals surface area contributed by atoms with Gasteiger partial charge in [0, 0.05) is 47.6 Å². The first kappa shape index (κ1) is 38.5. The van der Waals surface area contributed by atoms with E-state index in [1.54, 1.807) is 18.5 Å². The molecule has 2 heterocycles. The van der Waals surface area contributed by atoms with Crippen molar-refractivity contribution in [1.29, 1.82) is 0 Å². The van der Waals surface area contributed by atoms with Crippen molar-refractivity contribution in [3.8, 4) is 5.75 Å². The van der Waals surface area contributed by atoms with E-state index >= 15 is 0 Å². The highest BCUT2D eigenvalue weighted by Gasteiger charge is 2.36. The number of anilines is 1. The van der Waals surface area contributed by atoms with E-state index in [1.807, 2.05) is 30.9 Å². The molecular formula is C37H52BrN5O3. The number of allylic oxidation sites excluding steroid dienone is 2. The molecule has 250 valence electrons. The van der Waals surface area contributed by atoms with Crippen LogP contribution in [0, 0.1) is 5.92 Å². The molecule has 0 spiro atoms. The number of halogens is 1. The lowest BCUT2D eigenvalue weighted by Crippen LogP contribution is -2.49. The van der Waals surface area contributed by atoms with Crippen LogP contribution in [0.2, 0.25) is 0 Å². The number of rotatable bonds is 11. The highest BCUT2D eigenvalue weighted by Crippen LogP contribution is 2.37. The molecule has 1 saturated heterocycles. The Morgan fingerprint density at radius 1 is 1.17 bits per heavy atom. The van der Waals surface area contributed by atoms with Crippen molar-refractivity contribution in [2.75, 3.05) is 11.9 Å². The van der Waals surface area contributed by atoms with Crippen LogP contribution in [0.3, 0.4) is 0 Å². The molecule has 3 rings (SSSR count). The van der Waals surface area contributed by atoms with Gasteiger partial charge in [-0.15, -0.1) is 0 Å². The quantitative estimate of drug-likeness (QED) is 0.159. The zero-order chi connectivity index (χ0) is 34.7. The van der Waals surface area contributed by atoms with Crippen molar-refractivity contribution in [1.82, 2.24) is 9.88 Å². The van der Waals surface area contributed by atoms with Gasteiger partial charge < -0.3 is 21.1 Å². The average molecular weight is 695 g/mol. The summed E-state index contributed by atoms with van der Waals surface area (Å²) in [5.74, 6) is 0.692. The number of aliphatic imine (C=N–C) groups is 1. The van der Waals surface area contributed by atoms with Crippen molar-refractivity contribution in [3.63, 3.8) is 0 Å². The summed E-state index contributed by atoms with van der Waals surface area (Å²) in [4.78, 5) is 35.8. The molecule has 4 N–H and O–H groups in total. The first-order valence-corrected chi connectivity index (χ1v) is 16.9. The number of phenols is 1. The van der Waals surface area contributed by atoms with Gasteiger partial charge in [0.2, 0.25) is 0 Å². The number of carbonyl (C=O) groups excluding carboxylic acids is 2. The van der Waals surface area contributed by atoms with Crippen LogP contribution < -0.4 is 11.1 Å². The Morgan fingerprint density at radius 3 is 2.33 bits per heavy atom. The Hall–Kier alpha value is -3.72. The number of nitrogens with two attached hydrogens (primary N) is 1. The number of likely N-dealkylation sites (tertiary alicyclic amines) is 1. The maximum Gasteiger partial charge on any atom is 0.258 e. The van der Waals surface area contributed by atoms with Crippen molar-refractivity contribution >= 4 is 44.7 Å². The molecule has 0 bridgehead atoms. The Balaban J connectivity index is 0.000000942. The Bertz CT molecular complexity index is 1480. The largest absolute Gasteiger partial charge is 0.506 e. The molecule has 1 aromatic carbocycles. The van der Waals surface area contributed by atoms with Crippen LogP contribution in [-0.2, 0) is 4.79 Å². The van der Waals surface area contributed by atoms with E-state index < -0.39 is 0 Å². The number of nitrogens with one attached hydrogen (secondary N) is 1. The van der Waals surface area contributed by atoms with Gasteiger partial charge in [-0.2, -0.15) is 0 Å². The fourth-order valence-electron chi connectivity index (χ4n) is 5.43. The molecule has 1 fully saturated rings. The molecule has 0 radical (unpaired) electrons. The van der Waals surface area contributed by atoms with Gasteiger partial charge in [-0.3, -0.25) is 9.59 Å². The van der Waals surface area contributed by atoms with Gasteiger partial charge in [0.25, 0.3) is 5.91 Å². The van der Waals surface area contributed by atoms with Gasteiger partial charge in [-0.1, -0.05) is 81.0 Å². The van der Waals surface area contributed by atoms with Gasteiger partial charge in [-0.05, 0) is 70.6 Å². The van der Waals surface area contributed by atoms with Crippen LogP contribution in [0.1, 0.15) is 114 Å². The molecule has 46 heavy (non-hydrogen) atoms. The molecule has 9 heteroatoms. The number of phenolic OH excluding ortho intramolecular Hbond substituents is 1. The summed E-state index contributed by atoms with van der Waals surface area (Å²) in [5, 5.41) is 13.9. The third-order valence-electron chi connectivity index (χ3n) is 7.94. The van der Waals surface area contributed by atoms with Crippen LogP contribution in [0.4, 0.5) is 11.4 Å². The Morgan fingerprint density at radius 2 is 1.85 bits per heavy atom. The predicted octanol–water partition coefficient (Wildman–Crippen LogP) is 9.16. The molecule has 1 aliphatic heterocycles. The number of aromatic nitrogens is 1. The van der Waals surface area contributed by atoms with Crippen molar-refractivity contribution in [2.45, 2.75) is 99.0 Å². The molecule has 1 amide bonds. The maximum atomic E-state index is 14.2. The molecule has 1 aliphatic rings. The van der Waals surface area contributed by atoms with E-state index in [2.05, 4.69) is 80.9 Å². The van der Waals surface area contributed by atoms with Crippen LogP contribution in [0.15, 0.2) is 70.7 Å². The smallest absolute Gasteiger partial charge is 0.258 e. The third kappa shape index (κ3) is 9.41. The summed E-state index contributed by atoms with van der Waals surface area (Å²) in [6, 6.07) is 5.38. The number of nitrogens with zero attached hydrogens (tertiary/aromatic N) is 3. The van der Waals surface area contributed by atoms with E-state index in [0.29, 0.717) is 53.3 Å². The molecule has 0 aliphatic carbocycles. The summed E-state index contributed by atoms with van der Waals surface area (Å²) < 4.78 is 0.703. The van der Waals surface area contributed by atoms with E-state index in [4.69, 9.17) is 10.7 Å². The second kappa shape index (κ2) is 17.8. The highest BCUT2D eigenvalue weighted by atomic mass is 79.9. The number of hydrogen-bond acceptors (Lipinski definition) is 7. The fourth-order valence-corrected chi connectivity index (χ4v) is 6.19. The highest BCUT2D eigenvalue weighted by molar-refractivity contribution is 9.10. The normalized spacial score (nSPS) is 16.7. The first-order valence-electron chi connectivity index (χ1n) is 16.2. The monoisotopic (exact) mass is 693 g/mol.